The molecule has 4 N–H and O–H groups in total. The SMILES string of the molecule is NS(=O)(=O)c1cccc(NC(=O)CC2Sc3ccccc3NC2=O)c1. The molecule has 1 heterocycles. The number of amides is 2. The second kappa shape index (κ2) is 6.87. The van der Waals surface area contributed by atoms with Crippen LogP contribution < -0.4 is 15.8 Å². The molecule has 0 radical (unpaired) electrons. The fraction of sp³-hybridized carbons (Fsp3) is 0.125. The lowest BCUT2D eigenvalue weighted by molar-refractivity contribution is -0.120. The summed E-state index contributed by atoms with van der Waals surface area (Å²) in [5, 5.41) is 9.88. The minimum atomic E-state index is -3.85. The van der Waals surface area contributed by atoms with Crippen LogP contribution in [0.2, 0.25) is 0 Å². The molecule has 25 heavy (non-hydrogen) atoms. The van der Waals surface area contributed by atoms with Crippen molar-refractivity contribution in [3.05, 3.63) is 48.5 Å². The first-order valence-corrected chi connectivity index (χ1v) is 9.75. The van der Waals surface area contributed by atoms with E-state index >= 15 is 0 Å². The Bertz CT molecular complexity index is 944. The molecular weight excluding hydrogens is 362 g/mol. The number of hydrogen-bond acceptors (Lipinski definition) is 5. The van der Waals surface area contributed by atoms with Crippen LogP contribution in [0.1, 0.15) is 6.42 Å². The van der Waals surface area contributed by atoms with Gasteiger partial charge in [0.2, 0.25) is 21.8 Å². The number of benzene rings is 2. The Hall–Kier alpha value is -2.36. The Kier molecular flexibility index (Phi) is 4.80. The summed E-state index contributed by atoms with van der Waals surface area (Å²) >= 11 is 1.32. The van der Waals surface area contributed by atoms with E-state index in [9.17, 15) is 18.0 Å². The van der Waals surface area contributed by atoms with E-state index in [2.05, 4.69) is 10.6 Å². The number of fused-ring (bicyclic) bond motifs is 1. The molecule has 1 unspecified atom stereocenters. The van der Waals surface area contributed by atoms with Gasteiger partial charge in [-0.25, -0.2) is 13.6 Å². The number of primary sulfonamides is 1. The highest BCUT2D eigenvalue weighted by atomic mass is 32.2. The summed E-state index contributed by atoms with van der Waals surface area (Å²) in [6.07, 6.45) is -0.0373. The Labute approximate surface area is 149 Å². The standard InChI is InChI=1S/C16H15N3O4S2/c17-25(22,23)11-5-3-4-10(8-11)18-15(20)9-14-16(21)19-12-6-1-2-7-13(12)24-14/h1-8,14H,9H2,(H,18,20)(H,19,21)(H2,17,22,23). The molecule has 130 valence electrons. The van der Waals surface area contributed by atoms with Crippen molar-refractivity contribution in [3.63, 3.8) is 0 Å². The van der Waals surface area contributed by atoms with Crippen LogP contribution in [-0.2, 0) is 19.6 Å². The first kappa shape index (κ1) is 17.5. The van der Waals surface area contributed by atoms with Gasteiger partial charge in [0, 0.05) is 17.0 Å². The van der Waals surface area contributed by atoms with Crippen LogP contribution in [0, 0.1) is 0 Å². The summed E-state index contributed by atoms with van der Waals surface area (Å²) in [7, 11) is -3.85. The number of sulfonamides is 1. The van der Waals surface area contributed by atoms with Crippen molar-refractivity contribution in [1.29, 1.82) is 0 Å². The second-order valence-corrected chi connectivity index (χ2v) is 8.22. The zero-order valence-electron chi connectivity index (χ0n) is 12.9. The fourth-order valence-corrected chi connectivity index (χ4v) is 4.03. The zero-order chi connectivity index (χ0) is 18.0. The lowest BCUT2D eigenvalue weighted by Crippen LogP contribution is -2.32. The molecular formula is C16H15N3O4S2. The number of para-hydroxylation sites is 1. The average molecular weight is 377 g/mol. The molecule has 0 spiro atoms. The van der Waals surface area contributed by atoms with Gasteiger partial charge in [0.1, 0.15) is 0 Å². The minimum absolute atomic E-state index is 0.0373. The molecule has 2 aromatic carbocycles. The third-order valence-corrected chi connectivity index (χ3v) is 5.71. The van der Waals surface area contributed by atoms with Gasteiger partial charge in [0.15, 0.2) is 0 Å². The van der Waals surface area contributed by atoms with E-state index in [0.29, 0.717) is 5.69 Å². The Balaban J connectivity index is 1.68. The smallest absolute Gasteiger partial charge is 0.238 e. The highest BCUT2D eigenvalue weighted by Gasteiger charge is 2.28. The summed E-state index contributed by atoms with van der Waals surface area (Å²) < 4.78 is 22.7. The Morgan fingerprint density at radius 1 is 1.20 bits per heavy atom. The van der Waals surface area contributed by atoms with Crippen LogP contribution in [0.15, 0.2) is 58.3 Å². The van der Waals surface area contributed by atoms with Gasteiger partial charge in [-0.1, -0.05) is 18.2 Å². The maximum atomic E-state index is 12.2. The summed E-state index contributed by atoms with van der Waals surface area (Å²) in [6, 6.07) is 13.0. The number of anilines is 2. The van der Waals surface area contributed by atoms with Crippen LogP contribution >= 0.6 is 11.8 Å². The van der Waals surface area contributed by atoms with E-state index in [1.807, 2.05) is 18.2 Å². The van der Waals surface area contributed by atoms with Crippen LogP contribution in [0.5, 0.6) is 0 Å². The van der Waals surface area contributed by atoms with Crippen molar-refractivity contribution in [2.75, 3.05) is 10.6 Å². The number of nitrogens with two attached hydrogens (primary N) is 1. The van der Waals surface area contributed by atoms with Crippen molar-refractivity contribution < 1.29 is 18.0 Å². The molecule has 0 aliphatic carbocycles. The summed E-state index contributed by atoms with van der Waals surface area (Å²) in [4.78, 5) is 25.1. The van der Waals surface area contributed by atoms with Gasteiger partial charge in [-0.2, -0.15) is 0 Å². The molecule has 2 amide bonds. The van der Waals surface area contributed by atoms with Gasteiger partial charge in [-0.3, -0.25) is 9.59 Å². The molecule has 0 fully saturated rings. The summed E-state index contributed by atoms with van der Waals surface area (Å²) in [5.41, 5.74) is 1.04. The van der Waals surface area contributed by atoms with E-state index in [4.69, 9.17) is 5.14 Å². The van der Waals surface area contributed by atoms with Crippen LogP contribution in [0.25, 0.3) is 0 Å². The van der Waals surface area contributed by atoms with Gasteiger partial charge in [-0.05, 0) is 30.3 Å². The molecule has 0 saturated carbocycles. The molecule has 1 atom stereocenters. The fourth-order valence-electron chi connectivity index (χ4n) is 2.36. The van der Waals surface area contributed by atoms with Crippen molar-refractivity contribution in [3.8, 4) is 0 Å². The lowest BCUT2D eigenvalue weighted by Gasteiger charge is -2.23. The molecule has 9 heteroatoms. The van der Waals surface area contributed by atoms with Gasteiger partial charge >= 0.3 is 0 Å². The largest absolute Gasteiger partial charge is 0.326 e. The van der Waals surface area contributed by atoms with E-state index in [-0.39, 0.29) is 17.2 Å². The molecule has 2 aromatic rings. The minimum Gasteiger partial charge on any atom is -0.326 e. The third-order valence-electron chi connectivity index (χ3n) is 3.52. The maximum Gasteiger partial charge on any atom is 0.238 e. The number of nitrogens with one attached hydrogen (secondary N) is 2. The Morgan fingerprint density at radius 2 is 1.96 bits per heavy atom. The summed E-state index contributed by atoms with van der Waals surface area (Å²) in [6.45, 7) is 0. The van der Waals surface area contributed by atoms with Crippen molar-refractivity contribution in [2.24, 2.45) is 5.14 Å². The van der Waals surface area contributed by atoms with Crippen molar-refractivity contribution in [2.45, 2.75) is 21.5 Å². The quantitative estimate of drug-likeness (QED) is 0.750. The highest BCUT2D eigenvalue weighted by Crippen LogP contribution is 2.36. The van der Waals surface area contributed by atoms with Gasteiger partial charge < -0.3 is 10.6 Å². The summed E-state index contributed by atoms with van der Waals surface area (Å²) in [5.74, 6) is -0.629. The second-order valence-electron chi connectivity index (χ2n) is 5.42. The van der Waals surface area contributed by atoms with E-state index in [0.717, 1.165) is 10.6 Å². The lowest BCUT2D eigenvalue weighted by atomic mass is 10.2. The van der Waals surface area contributed by atoms with Gasteiger partial charge in [-0.15, -0.1) is 11.8 Å². The molecule has 3 rings (SSSR count). The normalized spacial score (nSPS) is 16.7. The first-order valence-electron chi connectivity index (χ1n) is 7.32. The van der Waals surface area contributed by atoms with E-state index in [1.54, 1.807) is 12.1 Å². The Morgan fingerprint density at radius 3 is 2.72 bits per heavy atom. The maximum absolute atomic E-state index is 12.2. The molecule has 7 nitrogen and oxygen atoms in total. The number of thioether (sulfide) groups is 1. The first-order chi connectivity index (χ1) is 11.8. The highest BCUT2D eigenvalue weighted by molar-refractivity contribution is 8.01. The van der Waals surface area contributed by atoms with E-state index < -0.39 is 21.2 Å². The average Bonchev–Trinajstić information content (AvgIpc) is 2.55. The zero-order valence-corrected chi connectivity index (χ0v) is 14.6. The van der Waals surface area contributed by atoms with Crippen LogP contribution in [0.3, 0.4) is 0 Å². The topological polar surface area (TPSA) is 118 Å². The number of carbonyl (C=O) groups excluding carboxylic acids is 2. The third kappa shape index (κ3) is 4.19. The number of hydrogen-bond donors (Lipinski definition) is 3. The predicted molar refractivity (Wildman–Crippen MR) is 95.8 cm³/mol. The molecule has 1 aliphatic rings. The van der Waals surface area contributed by atoms with Crippen LogP contribution in [0.4, 0.5) is 11.4 Å². The van der Waals surface area contributed by atoms with Crippen molar-refractivity contribution >= 4 is 45.0 Å². The number of rotatable bonds is 4. The monoisotopic (exact) mass is 377 g/mol. The molecule has 0 saturated heterocycles. The van der Waals surface area contributed by atoms with Gasteiger partial charge in [0.05, 0.1) is 15.8 Å². The molecule has 0 bridgehead atoms. The predicted octanol–water partition coefficient (Wildman–Crippen LogP) is 1.78. The molecule has 0 aromatic heterocycles. The van der Waals surface area contributed by atoms with Gasteiger partial charge in [0.25, 0.3) is 0 Å². The molecule has 1 aliphatic heterocycles. The number of carbonyl (C=O) groups is 2. The van der Waals surface area contributed by atoms with Crippen LogP contribution in [-0.4, -0.2) is 25.5 Å². The van der Waals surface area contributed by atoms with Crippen molar-refractivity contribution in [1.82, 2.24) is 0 Å². The van der Waals surface area contributed by atoms with E-state index in [1.165, 1.54) is 30.0 Å².